The summed E-state index contributed by atoms with van der Waals surface area (Å²) in [6, 6.07) is 4.64. The number of halogens is 2. The molecule has 6 atom stereocenters. The van der Waals surface area contributed by atoms with E-state index in [1.807, 2.05) is 19.1 Å². The van der Waals surface area contributed by atoms with Crippen LogP contribution >= 0.6 is 39.3 Å². The molecule has 196 valence electrons. The number of carboxylic acids is 1. The fourth-order valence-electron chi connectivity index (χ4n) is 6.21. The minimum Gasteiger partial charge on any atom is -0.481 e. The van der Waals surface area contributed by atoms with Crippen LogP contribution in [-0.2, 0) is 14.4 Å². The summed E-state index contributed by atoms with van der Waals surface area (Å²) in [5.41, 5.74) is 1.42. The Morgan fingerprint density at radius 3 is 2.69 bits per heavy atom. The summed E-state index contributed by atoms with van der Waals surface area (Å²) in [6.45, 7) is 6.42. The Labute approximate surface area is 229 Å². The summed E-state index contributed by atoms with van der Waals surface area (Å²) >= 11 is 11.7. The minimum atomic E-state index is -0.988. The molecule has 2 bridgehead atoms. The van der Waals surface area contributed by atoms with E-state index >= 15 is 0 Å². The summed E-state index contributed by atoms with van der Waals surface area (Å²) < 4.78 is -0.824. The van der Waals surface area contributed by atoms with E-state index in [9.17, 15) is 19.5 Å². The number of thioether (sulfide) groups is 1. The number of hydrogen-bond acceptors (Lipinski definition) is 5. The molecular formula is C26H32BrClN2O5S. The van der Waals surface area contributed by atoms with Crippen LogP contribution in [0.4, 0.5) is 5.69 Å². The molecule has 0 radical (unpaired) electrons. The van der Waals surface area contributed by atoms with E-state index in [0.717, 1.165) is 18.4 Å². The number of rotatable bonds is 11. The largest absolute Gasteiger partial charge is 0.481 e. The van der Waals surface area contributed by atoms with E-state index in [1.54, 1.807) is 21.9 Å². The van der Waals surface area contributed by atoms with Gasteiger partial charge in [-0.3, -0.25) is 14.4 Å². The third kappa shape index (κ3) is 4.50. The van der Waals surface area contributed by atoms with Crippen molar-refractivity contribution < 1.29 is 24.6 Å². The summed E-state index contributed by atoms with van der Waals surface area (Å²) in [6.07, 6.45) is 5.18. The number of carbonyl (C=O) groups is 3. The molecule has 10 heteroatoms. The number of fused-ring (bicyclic) bond motifs is 1. The van der Waals surface area contributed by atoms with Crippen molar-refractivity contribution in [3.05, 3.63) is 41.4 Å². The van der Waals surface area contributed by atoms with Crippen LogP contribution in [0, 0.1) is 18.8 Å². The number of alkyl halides is 1. The number of amides is 2. The quantitative estimate of drug-likeness (QED) is 0.224. The molecule has 36 heavy (non-hydrogen) atoms. The van der Waals surface area contributed by atoms with Crippen LogP contribution in [0.5, 0.6) is 0 Å². The van der Waals surface area contributed by atoms with Gasteiger partial charge in [0.2, 0.25) is 5.91 Å². The first kappa shape index (κ1) is 27.5. The fourth-order valence-corrected chi connectivity index (χ4v) is 10.1. The number of hydrogen-bond donors (Lipinski definition) is 2. The normalized spacial score (nSPS) is 30.5. The fraction of sp³-hybridized carbons (Fsp3) is 0.577. The van der Waals surface area contributed by atoms with Gasteiger partial charge in [0.15, 0.2) is 0 Å². The molecule has 4 rings (SSSR count). The van der Waals surface area contributed by atoms with Gasteiger partial charge in [-0.25, -0.2) is 0 Å². The number of aliphatic hydroxyl groups is 1. The summed E-state index contributed by atoms with van der Waals surface area (Å²) in [5, 5.41) is 19.3. The van der Waals surface area contributed by atoms with Gasteiger partial charge >= 0.3 is 5.97 Å². The molecule has 1 spiro atoms. The number of carboxylic acid groups (broad SMARTS) is 1. The number of benzene rings is 1. The lowest BCUT2D eigenvalue weighted by Crippen LogP contribution is -2.55. The number of nitrogens with zero attached hydrogens (tertiary/aromatic N) is 2. The molecular weight excluding hydrogens is 568 g/mol. The highest BCUT2D eigenvalue weighted by Gasteiger charge is 2.76. The smallest absolute Gasteiger partial charge is 0.308 e. The van der Waals surface area contributed by atoms with Crippen LogP contribution in [0.15, 0.2) is 30.9 Å². The Kier molecular flexibility index (Phi) is 8.44. The van der Waals surface area contributed by atoms with E-state index in [1.165, 1.54) is 11.8 Å². The SMILES string of the molecule is C=CCN(C(=O)C1N(CCCCCCO)C(=O)[C@@H]2[C@H](C(=O)O)[C@H]3SC12CC3Br)c1c(C)cccc1Cl. The van der Waals surface area contributed by atoms with Gasteiger partial charge in [-0.15, -0.1) is 18.3 Å². The standard InChI is InChI=1S/C26H32BrClN2O5S/c1-3-11-29(20-15(2)9-8-10-17(20)28)24(33)22-26-14-16(27)21(36-26)18(25(34)35)19(26)23(32)30(22)12-6-4-5-7-13-31/h3,8-10,16,18-19,21-22,31H,1,4-7,11-14H2,2H3,(H,34,35)/t16?,18-,19-,21-,22?,26?/m0/s1. The van der Waals surface area contributed by atoms with Crippen molar-refractivity contribution >= 4 is 62.8 Å². The van der Waals surface area contributed by atoms with Gasteiger partial charge in [0.1, 0.15) is 6.04 Å². The Morgan fingerprint density at radius 1 is 1.33 bits per heavy atom. The first-order chi connectivity index (χ1) is 17.2. The number of para-hydroxylation sites is 1. The average Bonchev–Trinajstić information content (AvgIpc) is 3.41. The van der Waals surface area contributed by atoms with Crippen LogP contribution in [-0.4, -0.2) is 73.5 Å². The number of likely N-dealkylation sites (tertiary alicyclic amines) is 1. The van der Waals surface area contributed by atoms with Gasteiger partial charge in [-0.2, -0.15) is 0 Å². The highest BCUT2D eigenvalue weighted by Crippen LogP contribution is 2.68. The molecule has 0 aliphatic carbocycles. The second kappa shape index (κ2) is 11.1. The van der Waals surface area contributed by atoms with Gasteiger partial charge < -0.3 is 20.0 Å². The molecule has 3 unspecified atom stereocenters. The van der Waals surface area contributed by atoms with Crippen molar-refractivity contribution in [1.29, 1.82) is 0 Å². The zero-order valence-electron chi connectivity index (χ0n) is 20.2. The number of carbonyl (C=O) groups excluding carboxylic acids is 2. The van der Waals surface area contributed by atoms with Crippen LogP contribution < -0.4 is 4.90 Å². The van der Waals surface area contributed by atoms with Gasteiger partial charge in [-0.05, 0) is 37.8 Å². The summed E-state index contributed by atoms with van der Waals surface area (Å²) in [4.78, 5) is 43.8. The molecule has 1 aromatic carbocycles. The molecule has 0 aromatic heterocycles. The molecule has 7 nitrogen and oxygen atoms in total. The third-order valence-electron chi connectivity index (χ3n) is 7.65. The lowest BCUT2D eigenvalue weighted by atomic mass is 9.71. The molecule has 1 aromatic rings. The first-order valence-electron chi connectivity index (χ1n) is 12.3. The molecule has 3 aliphatic rings. The van der Waals surface area contributed by atoms with Crippen molar-refractivity contribution in [2.75, 3.05) is 24.6 Å². The lowest BCUT2D eigenvalue weighted by Gasteiger charge is -2.38. The highest BCUT2D eigenvalue weighted by atomic mass is 79.9. The third-order valence-corrected chi connectivity index (χ3v) is 11.2. The average molecular weight is 600 g/mol. The second-order valence-corrected chi connectivity index (χ2v) is 12.9. The maximum atomic E-state index is 14.5. The Balaban J connectivity index is 1.76. The van der Waals surface area contributed by atoms with E-state index < -0.39 is 28.6 Å². The molecule has 2 N–H and O–H groups in total. The van der Waals surface area contributed by atoms with Crippen molar-refractivity contribution in [2.45, 2.75) is 59.9 Å². The van der Waals surface area contributed by atoms with Gasteiger partial charge in [0.25, 0.3) is 5.91 Å². The minimum absolute atomic E-state index is 0.0950. The Morgan fingerprint density at radius 2 is 2.06 bits per heavy atom. The summed E-state index contributed by atoms with van der Waals surface area (Å²) in [5.74, 6) is -3.07. The Bertz CT molecular complexity index is 1040. The maximum absolute atomic E-state index is 14.5. The van der Waals surface area contributed by atoms with Crippen LogP contribution in [0.3, 0.4) is 0 Å². The number of anilines is 1. The van der Waals surface area contributed by atoms with E-state index in [2.05, 4.69) is 22.5 Å². The van der Waals surface area contributed by atoms with Crippen molar-refractivity contribution in [1.82, 2.24) is 4.90 Å². The zero-order valence-corrected chi connectivity index (χ0v) is 23.4. The summed E-state index contributed by atoms with van der Waals surface area (Å²) in [7, 11) is 0. The van der Waals surface area contributed by atoms with Gasteiger partial charge in [-0.1, -0.05) is 58.6 Å². The highest BCUT2D eigenvalue weighted by molar-refractivity contribution is 9.09. The van der Waals surface area contributed by atoms with E-state index in [-0.39, 0.29) is 35.0 Å². The predicted octanol–water partition coefficient (Wildman–Crippen LogP) is 4.27. The molecule has 3 aliphatic heterocycles. The van der Waals surface area contributed by atoms with Gasteiger partial charge in [0.05, 0.1) is 27.3 Å². The van der Waals surface area contributed by atoms with Gasteiger partial charge in [0, 0.05) is 29.8 Å². The Hall–Kier alpha value is -1.55. The van der Waals surface area contributed by atoms with Crippen molar-refractivity contribution in [2.24, 2.45) is 11.8 Å². The maximum Gasteiger partial charge on any atom is 0.308 e. The number of unbranched alkanes of at least 4 members (excludes halogenated alkanes) is 3. The van der Waals surface area contributed by atoms with Crippen molar-refractivity contribution in [3.63, 3.8) is 0 Å². The van der Waals surface area contributed by atoms with E-state index in [4.69, 9.17) is 16.7 Å². The topological polar surface area (TPSA) is 98.2 Å². The number of aliphatic carboxylic acids is 1. The van der Waals surface area contributed by atoms with Crippen LogP contribution in [0.2, 0.25) is 5.02 Å². The monoisotopic (exact) mass is 598 g/mol. The number of aliphatic hydroxyl groups excluding tert-OH is 1. The van der Waals surface area contributed by atoms with E-state index in [0.29, 0.717) is 36.5 Å². The second-order valence-electron chi connectivity index (χ2n) is 9.81. The molecule has 3 fully saturated rings. The first-order valence-corrected chi connectivity index (χ1v) is 14.5. The predicted molar refractivity (Wildman–Crippen MR) is 146 cm³/mol. The lowest BCUT2D eigenvalue weighted by molar-refractivity contribution is -0.148. The molecule has 3 saturated heterocycles. The number of aryl methyl sites for hydroxylation is 1. The molecule has 0 saturated carbocycles. The zero-order chi connectivity index (χ0) is 26.2. The molecule has 3 heterocycles. The van der Waals surface area contributed by atoms with Crippen LogP contribution in [0.25, 0.3) is 0 Å². The van der Waals surface area contributed by atoms with Crippen LogP contribution in [0.1, 0.15) is 37.7 Å². The molecule has 2 amide bonds. The van der Waals surface area contributed by atoms with Crippen molar-refractivity contribution in [3.8, 4) is 0 Å².